The number of ketones is 1. The molecule has 8 rings (SSSR count). The second-order valence-corrected chi connectivity index (χ2v) is 27.3. The number of ether oxygens (including phenoxy) is 1. The van der Waals surface area contributed by atoms with Crippen LogP contribution in [0.2, 0.25) is 0 Å². The second kappa shape index (κ2) is 16.4. The normalized spacial score (nSPS) is 40.5. The molecule has 8 atom stereocenters. The van der Waals surface area contributed by atoms with E-state index >= 15 is 0 Å². The van der Waals surface area contributed by atoms with Crippen molar-refractivity contribution in [3.8, 4) is 0 Å². The van der Waals surface area contributed by atoms with Crippen molar-refractivity contribution in [2.45, 2.75) is 130 Å². The van der Waals surface area contributed by atoms with Gasteiger partial charge in [0.05, 0.1) is 28.6 Å². The molecule has 2 heterocycles. The molecular weight excluding hydrogens is 826 g/mol. The molecule has 0 aromatic carbocycles. The molecule has 2 aliphatic heterocycles. The fraction of sp³-hybridized carbons (Fsp3) is 0.837. The lowest BCUT2D eigenvalue weighted by Gasteiger charge is -2.72. The summed E-state index contributed by atoms with van der Waals surface area (Å²) in [6, 6.07) is 0. The van der Waals surface area contributed by atoms with E-state index in [9.17, 15) is 30.8 Å². The molecule has 0 aromatic rings. The molecule has 348 valence electrons. The highest BCUT2D eigenvalue weighted by Crippen LogP contribution is 2.76. The Morgan fingerprint density at radius 2 is 1.42 bits per heavy atom. The Labute approximate surface area is 372 Å². The van der Waals surface area contributed by atoms with Crippen LogP contribution in [-0.4, -0.2) is 137 Å². The fourth-order valence-corrected chi connectivity index (χ4v) is 18.2. The van der Waals surface area contributed by atoms with Gasteiger partial charge in [0, 0.05) is 65.2 Å². The van der Waals surface area contributed by atoms with Crippen LogP contribution in [0.1, 0.15) is 119 Å². The minimum atomic E-state index is -3.01. The van der Waals surface area contributed by atoms with E-state index in [0.717, 1.165) is 76.7 Å². The van der Waals surface area contributed by atoms with Gasteiger partial charge in [0.15, 0.2) is 25.5 Å². The summed E-state index contributed by atoms with van der Waals surface area (Å²) in [5.74, 6) is 2.44. The first-order valence-electron chi connectivity index (χ1n) is 24.1. The van der Waals surface area contributed by atoms with E-state index in [-0.39, 0.29) is 56.5 Å². The summed E-state index contributed by atoms with van der Waals surface area (Å²) in [6.07, 6.45) is 14.2. The van der Waals surface area contributed by atoms with Gasteiger partial charge in [-0.25, -0.2) is 21.2 Å². The number of halogens is 1. The van der Waals surface area contributed by atoms with E-state index in [1.54, 1.807) is 0 Å². The Hall–Kier alpha value is -1.93. The molecule has 0 spiro atoms. The Balaban J connectivity index is 1.10. The van der Waals surface area contributed by atoms with Gasteiger partial charge < -0.3 is 14.5 Å². The molecule has 2 saturated heterocycles. The first-order valence-corrected chi connectivity index (χ1v) is 27.7. The molecule has 0 unspecified atom stereocenters. The van der Waals surface area contributed by atoms with E-state index in [4.69, 9.17) is 4.74 Å². The van der Waals surface area contributed by atoms with Gasteiger partial charge in [0.25, 0.3) is 6.47 Å². The minimum absolute atomic E-state index is 0.00404. The van der Waals surface area contributed by atoms with Crippen molar-refractivity contribution in [1.29, 1.82) is 0 Å². The van der Waals surface area contributed by atoms with Crippen LogP contribution in [0.5, 0.6) is 0 Å². The van der Waals surface area contributed by atoms with Gasteiger partial charge in [-0.1, -0.05) is 60.6 Å². The predicted molar refractivity (Wildman–Crippen MR) is 243 cm³/mol. The highest BCUT2D eigenvalue weighted by Gasteiger charge is 2.70. The fourth-order valence-electron chi connectivity index (χ4n) is 15.6. The summed E-state index contributed by atoms with van der Waals surface area (Å²) < 4.78 is 69.0. The van der Waals surface area contributed by atoms with E-state index in [1.165, 1.54) is 16.7 Å². The van der Waals surface area contributed by atoms with Gasteiger partial charge in [-0.2, -0.15) is 0 Å². The molecule has 0 amide bonds. The molecule has 6 aliphatic carbocycles. The number of rotatable bonds is 12. The minimum Gasteiger partial charge on any atom is -0.458 e. The van der Waals surface area contributed by atoms with Gasteiger partial charge in [-0.15, -0.1) is 0 Å². The number of nitrogens with zero attached hydrogens (tertiary/aromatic N) is 3. The zero-order valence-corrected chi connectivity index (χ0v) is 40.5. The SMILES string of the molecule is CC(C)C1=C2[C@H]3CC[C@@H]4[C@@]5(C)CC=C(C6=CC[C@](CF)(OC=O)CC6)C(C)(C)[C@@H]5CC[C@@]4(C)[C@]3(C)CC[C@@]2(N(CCN2CCS(=O)(=O)CC2)CCN2CCS(=O)(=O)CC2)CC1=O. The smallest absolute Gasteiger partial charge is 0.293 e. The average molecular weight is 902 g/mol. The van der Waals surface area contributed by atoms with Gasteiger partial charge in [-0.05, 0) is 125 Å². The van der Waals surface area contributed by atoms with Crippen molar-refractivity contribution >= 4 is 31.9 Å². The maximum absolute atomic E-state index is 14.7. The maximum Gasteiger partial charge on any atom is 0.293 e. The molecule has 0 radical (unpaired) electrons. The number of sulfone groups is 2. The Morgan fingerprint density at radius 1 is 0.806 bits per heavy atom. The first kappa shape index (κ1) is 46.6. The number of alkyl halides is 1. The standard InChI is InChI=1S/C49H76FN3O7S2/c1-35(2)42-39(55)32-49(53(22-20-51-24-28-61(56,57)29-25-51)23-21-52-26-30-62(58,59)31-27-52)19-18-46(6)38(43(42)49)8-9-41-45(5)14-12-37(44(3,4)40(45)13-15-47(41,46)7)36-10-16-48(33-50,17-11-36)60-34-54/h10,12,34-35,38,40-41H,8-9,11,13-33H2,1-7H3/t38-,40+,41-,45+,46-,47-,48+,49-/m1/s1. The largest absolute Gasteiger partial charge is 0.458 e. The van der Waals surface area contributed by atoms with E-state index < -0.39 is 37.5 Å². The Kier molecular flexibility index (Phi) is 12.4. The molecule has 62 heavy (non-hydrogen) atoms. The third-order valence-electron chi connectivity index (χ3n) is 19.3. The number of hydrogen-bond donors (Lipinski definition) is 0. The topological polar surface area (TPSA) is 121 Å². The average Bonchev–Trinajstić information content (AvgIpc) is 3.52. The lowest BCUT2D eigenvalue weighted by Crippen LogP contribution is -2.66. The van der Waals surface area contributed by atoms with Crippen LogP contribution < -0.4 is 0 Å². The maximum atomic E-state index is 14.7. The monoisotopic (exact) mass is 902 g/mol. The highest BCUT2D eigenvalue weighted by atomic mass is 32.2. The molecular formula is C49H76FN3O7S2. The van der Waals surface area contributed by atoms with E-state index in [1.807, 2.05) is 0 Å². The Morgan fingerprint density at radius 3 is 1.95 bits per heavy atom. The summed E-state index contributed by atoms with van der Waals surface area (Å²) >= 11 is 0. The number of carbonyl (C=O) groups is 2. The predicted octanol–water partition coefficient (Wildman–Crippen LogP) is 7.01. The number of Topliss-reactive ketones (excluding diaryl/α,β-unsaturated/α-hetero) is 1. The second-order valence-electron chi connectivity index (χ2n) is 22.7. The van der Waals surface area contributed by atoms with E-state index in [2.05, 4.69) is 75.3 Å². The molecule has 10 nitrogen and oxygen atoms in total. The zero-order chi connectivity index (χ0) is 44.7. The molecule has 13 heteroatoms. The van der Waals surface area contributed by atoms with Gasteiger partial charge >= 0.3 is 0 Å². The van der Waals surface area contributed by atoms with Gasteiger partial charge in [0.1, 0.15) is 12.3 Å². The number of carbonyl (C=O) groups excluding carboxylic acids is 2. The van der Waals surface area contributed by atoms with Crippen LogP contribution in [0.15, 0.2) is 34.4 Å². The summed E-state index contributed by atoms with van der Waals surface area (Å²) in [7, 11) is -6.02. The van der Waals surface area contributed by atoms with Crippen molar-refractivity contribution in [2.24, 2.45) is 45.3 Å². The van der Waals surface area contributed by atoms with Crippen LogP contribution in [0.25, 0.3) is 0 Å². The zero-order valence-electron chi connectivity index (χ0n) is 38.9. The van der Waals surface area contributed by atoms with Gasteiger partial charge in [0.2, 0.25) is 0 Å². The number of allylic oxidation sites excluding steroid dienone is 4. The third-order valence-corrected chi connectivity index (χ3v) is 22.5. The van der Waals surface area contributed by atoms with Crippen LogP contribution in [0.3, 0.4) is 0 Å². The molecule has 5 fully saturated rings. The van der Waals surface area contributed by atoms with Crippen molar-refractivity contribution in [3.63, 3.8) is 0 Å². The Bertz CT molecular complexity index is 2040. The molecule has 3 saturated carbocycles. The third kappa shape index (κ3) is 7.67. The summed E-state index contributed by atoms with van der Waals surface area (Å²) in [5, 5.41) is 0. The van der Waals surface area contributed by atoms with E-state index in [0.29, 0.717) is 76.0 Å². The van der Waals surface area contributed by atoms with Crippen molar-refractivity contribution < 1.29 is 35.6 Å². The lowest BCUT2D eigenvalue weighted by atomic mass is 9.33. The molecule has 0 aromatic heterocycles. The van der Waals surface area contributed by atoms with Crippen LogP contribution in [0.4, 0.5) is 4.39 Å². The number of fused-ring (bicyclic) bond motifs is 7. The molecule has 0 bridgehead atoms. The molecule has 0 N–H and O–H groups in total. The quantitative estimate of drug-likeness (QED) is 0.189. The molecule has 8 aliphatic rings. The first-order chi connectivity index (χ1) is 29.1. The van der Waals surface area contributed by atoms with Gasteiger partial charge in [-0.3, -0.25) is 14.5 Å². The lowest BCUT2D eigenvalue weighted by molar-refractivity contribution is -0.200. The summed E-state index contributed by atoms with van der Waals surface area (Å²) in [4.78, 5) is 33.1. The van der Waals surface area contributed by atoms with Crippen molar-refractivity contribution in [2.75, 3.05) is 82.0 Å². The van der Waals surface area contributed by atoms with Crippen LogP contribution >= 0.6 is 0 Å². The van der Waals surface area contributed by atoms with Crippen molar-refractivity contribution in [3.05, 3.63) is 34.4 Å². The number of hydrogen-bond acceptors (Lipinski definition) is 10. The summed E-state index contributed by atoms with van der Waals surface area (Å²) in [6.45, 7) is 22.0. The van der Waals surface area contributed by atoms with Crippen LogP contribution in [0, 0.1) is 45.3 Å². The van der Waals surface area contributed by atoms with Crippen molar-refractivity contribution in [1.82, 2.24) is 14.7 Å². The summed E-state index contributed by atoms with van der Waals surface area (Å²) in [5.41, 5.74) is 3.82. The van der Waals surface area contributed by atoms with Crippen LogP contribution in [-0.2, 0) is 34.0 Å². The highest BCUT2D eigenvalue weighted by molar-refractivity contribution is 7.91.